The van der Waals surface area contributed by atoms with Gasteiger partial charge in [0.15, 0.2) is 0 Å². The number of nitrogens with zero attached hydrogens (tertiary/aromatic N) is 1. The van der Waals surface area contributed by atoms with Crippen LogP contribution in [0.5, 0.6) is 0 Å². The Kier molecular flexibility index (Phi) is 5.58. The number of nitrogens with two attached hydrogens (primary N) is 1. The van der Waals surface area contributed by atoms with Gasteiger partial charge in [0.25, 0.3) is 10.2 Å². The lowest BCUT2D eigenvalue weighted by Crippen LogP contribution is -2.60. The standard InChI is InChI=1S/C12H27N3O2S/c1-4-14-18(16,17)15(5-2)12(10-13)8-6-11(3)7-9-12/h11,14H,4-10,13H2,1-3H3. The van der Waals surface area contributed by atoms with Crippen LogP contribution in [0.1, 0.15) is 46.5 Å². The Morgan fingerprint density at radius 2 is 1.89 bits per heavy atom. The zero-order valence-electron chi connectivity index (χ0n) is 11.8. The molecule has 0 bridgehead atoms. The lowest BCUT2D eigenvalue weighted by Gasteiger charge is -2.45. The minimum atomic E-state index is -3.41. The molecule has 1 fully saturated rings. The van der Waals surface area contributed by atoms with Crippen molar-refractivity contribution in [3.05, 3.63) is 0 Å². The maximum absolute atomic E-state index is 12.3. The van der Waals surface area contributed by atoms with Crippen LogP contribution >= 0.6 is 0 Å². The second-order valence-corrected chi connectivity index (χ2v) is 6.96. The number of nitrogens with one attached hydrogen (secondary N) is 1. The van der Waals surface area contributed by atoms with Crippen molar-refractivity contribution in [1.29, 1.82) is 0 Å². The van der Waals surface area contributed by atoms with Gasteiger partial charge in [0.1, 0.15) is 0 Å². The van der Waals surface area contributed by atoms with Crippen LogP contribution in [0.4, 0.5) is 0 Å². The average Bonchev–Trinajstić information content (AvgIpc) is 2.32. The van der Waals surface area contributed by atoms with Crippen molar-refractivity contribution < 1.29 is 8.42 Å². The highest BCUT2D eigenvalue weighted by atomic mass is 32.2. The molecule has 3 N–H and O–H groups in total. The van der Waals surface area contributed by atoms with Gasteiger partial charge in [-0.1, -0.05) is 20.8 Å². The summed E-state index contributed by atoms with van der Waals surface area (Å²) in [6, 6.07) is 0. The predicted molar refractivity (Wildman–Crippen MR) is 74.4 cm³/mol. The summed E-state index contributed by atoms with van der Waals surface area (Å²) in [6.45, 7) is 7.18. The molecule has 0 unspecified atom stereocenters. The van der Waals surface area contributed by atoms with Gasteiger partial charge in [-0.3, -0.25) is 0 Å². The minimum Gasteiger partial charge on any atom is -0.329 e. The summed E-state index contributed by atoms with van der Waals surface area (Å²) in [5.41, 5.74) is 5.53. The summed E-state index contributed by atoms with van der Waals surface area (Å²) in [5, 5.41) is 0. The van der Waals surface area contributed by atoms with Crippen molar-refractivity contribution in [3.8, 4) is 0 Å². The van der Waals surface area contributed by atoms with Gasteiger partial charge in [0, 0.05) is 25.2 Å². The zero-order chi connectivity index (χ0) is 13.8. The van der Waals surface area contributed by atoms with Crippen LogP contribution in [-0.2, 0) is 10.2 Å². The first kappa shape index (κ1) is 15.9. The molecule has 0 aliphatic heterocycles. The molecule has 1 aliphatic carbocycles. The van der Waals surface area contributed by atoms with Gasteiger partial charge in [-0.15, -0.1) is 0 Å². The van der Waals surface area contributed by atoms with Crippen LogP contribution in [0, 0.1) is 5.92 Å². The summed E-state index contributed by atoms with van der Waals surface area (Å²) in [6.07, 6.45) is 3.83. The quantitative estimate of drug-likeness (QED) is 0.762. The first-order valence-corrected chi connectivity index (χ1v) is 8.33. The van der Waals surface area contributed by atoms with Crippen molar-refractivity contribution in [3.63, 3.8) is 0 Å². The van der Waals surface area contributed by atoms with Crippen molar-refractivity contribution in [2.24, 2.45) is 11.7 Å². The molecule has 5 nitrogen and oxygen atoms in total. The Bertz CT molecular complexity index is 348. The molecule has 18 heavy (non-hydrogen) atoms. The molecule has 6 heteroatoms. The number of rotatable bonds is 6. The van der Waals surface area contributed by atoms with Gasteiger partial charge < -0.3 is 5.73 Å². The van der Waals surface area contributed by atoms with Gasteiger partial charge >= 0.3 is 0 Å². The molecule has 0 spiro atoms. The summed E-state index contributed by atoms with van der Waals surface area (Å²) in [7, 11) is -3.41. The normalized spacial score (nSPS) is 29.7. The molecule has 0 heterocycles. The largest absolute Gasteiger partial charge is 0.329 e. The molecule has 1 rings (SSSR count). The van der Waals surface area contributed by atoms with E-state index in [2.05, 4.69) is 11.6 Å². The van der Waals surface area contributed by atoms with E-state index < -0.39 is 10.2 Å². The topological polar surface area (TPSA) is 75.4 Å². The van der Waals surface area contributed by atoms with E-state index >= 15 is 0 Å². The average molecular weight is 277 g/mol. The summed E-state index contributed by atoms with van der Waals surface area (Å²) < 4.78 is 28.7. The highest BCUT2D eigenvalue weighted by Gasteiger charge is 2.43. The molecule has 0 aromatic carbocycles. The fourth-order valence-corrected chi connectivity index (χ4v) is 4.50. The van der Waals surface area contributed by atoms with Crippen LogP contribution in [0.15, 0.2) is 0 Å². The van der Waals surface area contributed by atoms with E-state index in [9.17, 15) is 8.42 Å². The van der Waals surface area contributed by atoms with E-state index in [0.29, 0.717) is 25.6 Å². The molecule has 0 aromatic heterocycles. The maximum atomic E-state index is 12.3. The molecule has 0 atom stereocenters. The van der Waals surface area contributed by atoms with Crippen LogP contribution in [0.25, 0.3) is 0 Å². The number of likely N-dealkylation sites (N-methyl/N-ethyl adjacent to an activating group) is 1. The van der Waals surface area contributed by atoms with E-state index in [1.165, 1.54) is 0 Å². The molecular weight excluding hydrogens is 250 g/mol. The fourth-order valence-electron chi connectivity index (χ4n) is 2.88. The van der Waals surface area contributed by atoms with Crippen molar-refractivity contribution in [2.75, 3.05) is 19.6 Å². The second-order valence-electron chi connectivity index (χ2n) is 5.28. The lowest BCUT2D eigenvalue weighted by molar-refractivity contribution is 0.118. The molecule has 108 valence electrons. The van der Waals surface area contributed by atoms with Crippen LogP contribution in [-0.4, -0.2) is 37.9 Å². The molecule has 0 radical (unpaired) electrons. The van der Waals surface area contributed by atoms with Gasteiger partial charge in [-0.2, -0.15) is 12.7 Å². The Balaban J connectivity index is 2.97. The summed E-state index contributed by atoms with van der Waals surface area (Å²) in [5.74, 6) is 0.671. The molecule has 1 saturated carbocycles. The highest BCUT2D eigenvalue weighted by Crippen LogP contribution is 2.36. The third-order valence-corrected chi connectivity index (χ3v) is 5.90. The van der Waals surface area contributed by atoms with Crippen LogP contribution in [0.2, 0.25) is 0 Å². The Morgan fingerprint density at radius 1 is 1.33 bits per heavy atom. The minimum absolute atomic E-state index is 0.387. The number of hydrogen-bond acceptors (Lipinski definition) is 3. The van der Waals surface area contributed by atoms with Gasteiger partial charge in [0.2, 0.25) is 0 Å². The monoisotopic (exact) mass is 277 g/mol. The van der Waals surface area contributed by atoms with Crippen molar-refractivity contribution in [1.82, 2.24) is 9.03 Å². The molecule has 0 aromatic rings. The van der Waals surface area contributed by atoms with E-state index in [0.717, 1.165) is 25.7 Å². The maximum Gasteiger partial charge on any atom is 0.279 e. The van der Waals surface area contributed by atoms with Gasteiger partial charge in [0.05, 0.1) is 0 Å². The van der Waals surface area contributed by atoms with Gasteiger partial charge in [-0.05, 0) is 31.6 Å². The van der Waals surface area contributed by atoms with E-state index in [1.54, 1.807) is 11.2 Å². The molecule has 0 amide bonds. The zero-order valence-corrected chi connectivity index (χ0v) is 12.6. The van der Waals surface area contributed by atoms with Gasteiger partial charge in [-0.25, -0.2) is 4.72 Å². The molecular formula is C12H27N3O2S. The van der Waals surface area contributed by atoms with Crippen molar-refractivity contribution in [2.45, 2.75) is 52.0 Å². The number of hydrogen-bond donors (Lipinski definition) is 2. The SMILES string of the molecule is CCNS(=O)(=O)N(CC)C1(CN)CCC(C)CC1. The highest BCUT2D eigenvalue weighted by molar-refractivity contribution is 7.87. The second kappa shape index (κ2) is 6.32. The Morgan fingerprint density at radius 3 is 2.28 bits per heavy atom. The summed E-state index contributed by atoms with van der Waals surface area (Å²) >= 11 is 0. The van der Waals surface area contributed by atoms with E-state index in [-0.39, 0.29) is 5.54 Å². The van der Waals surface area contributed by atoms with Crippen LogP contribution < -0.4 is 10.5 Å². The Labute approximate surface area is 111 Å². The summed E-state index contributed by atoms with van der Waals surface area (Å²) in [4.78, 5) is 0. The van der Waals surface area contributed by atoms with Crippen LogP contribution in [0.3, 0.4) is 0 Å². The van der Waals surface area contributed by atoms with E-state index in [1.807, 2.05) is 6.92 Å². The fraction of sp³-hybridized carbons (Fsp3) is 1.00. The first-order chi connectivity index (χ1) is 8.41. The molecule has 0 saturated heterocycles. The van der Waals surface area contributed by atoms with E-state index in [4.69, 9.17) is 5.73 Å². The molecule has 1 aliphatic rings. The first-order valence-electron chi connectivity index (χ1n) is 6.89. The Hall–Kier alpha value is -0.170. The smallest absolute Gasteiger partial charge is 0.279 e. The predicted octanol–water partition coefficient (Wildman–Crippen LogP) is 1.07. The lowest BCUT2D eigenvalue weighted by atomic mass is 9.77. The third kappa shape index (κ3) is 3.23. The van der Waals surface area contributed by atoms with Crippen molar-refractivity contribution >= 4 is 10.2 Å². The third-order valence-electron chi connectivity index (χ3n) is 4.02.